The summed E-state index contributed by atoms with van der Waals surface area (Å²) in [5.41, 5.74) is 0. The Morgan fingerprint density at radius 2 is 2.33 bits per heavy atom. The summed E-state index contributed by atoms with van der Waals surface area (Å²) in [5, 5.41) is 11.3. The van der Waals surface area contributed by atoms with E-state index in [9.17, 15) is 9.90 Å². The van der Waals surface area contributed by atoms with Crippen molar-refractivity contribution in [2.45, 2.75) is 5.25 Å². The molecule has 0 radical (unpaired) electrons. The largest absolute Gasteiger partial charge is 1.00 e. The fourth-order valence-corrected chi connectivity index (χ4v) is 2.24. The maximum atomic E-state index is 10.0. The maximum Gasteiger partial charge on any atom is 1.00 e. The number of hydrogen-bond donors (Lipinski definition) is 0. The number of carbonyl (C=O) groups is 1. The molecule has 0 amide bonds. The Balaban J connectivity index is 0.000000640. The molecule has 0 N–H and O–H groups in total. The fraction of sp³-hybridized carbons (Fsp3) is 0.250. The molecule has 0 aromatic carbocycles. The Bertz CT molecular complexity index is 137. The summed E-state index contributed by atoms with van der Waals surface area (Å²) in [4.78, 5) is 10.0. The second kappa shape index (κ2) is 4.68. The third kappa shape index (κ3) is 3.00. The third-order valence-corrected chi connectivity index (χ3v) is 2.93. The molecule has 44 valence electrons. The van der Waals surface area contributed by atoms with Crippen molar-refractivity contribution in [2.24, 2.45) is 0 Å². The minimum atomic E-state index is -1.00. The van der Waals surface area contributed by atoms with Crippen molar-refractivity contribution in [3.63, 3.8) is 0 Å². The summed E-state index contributed by atoms with van der Waals surface area (Å²) >= 11 is 0. The average Bonchev–Trinajstić information content (AvgIpc) is 2.12. The summed E-state index contributed by atoms with van der Waals surface area (Å²) in [6.45, 7) is 0. The van der Waals surface area contributed by atoms with E-state index in [4.69, 9.17) is 0 Å². The average molecular weight is 170 g/mol. The Morgan fingerprint density at radius 1 is 1.67 bits per heavy atom. The molecule has 0 aromatic heterocycles. The zero-order chi connectivity index (χ0) is 5.98. The van der Waals surface area contributed by atoms with Crippen LogP contribution in [0.5, 0.6) is 0 Å². The summed E-state index contributed by atoms with van der Waals surface area (Å²) in [6, 6.07) is 0. The van der Waals surface area contributed by atoms with Gasteiger partial charge in [0.15, 0.2) is 0 Å². The molecule has 9 heavy (non-hydrogen) atoms. The summed E-state index contributed by atoms with van der Waals surface area (Å²) in [5.74, 6) is -1.00. The van der Waals surface area contributed by atoms with Crippen LogP contribution < -0.4 is 34.7 Å². The molecule has 1 heterocycles. The van der Waals surface area contributed by atoms with E-state index >= 15 is 0 Å². The second-order valence-electron chi connectivity index (χ2n) is 1.26. The van der Waals surface area contributed by atoms with Crippen LogP contribution in [-0.4, -0.2) is 11.2 Å². The van der Waals surface area contributed by atoms with Gasteiger partial charge >= 0.3 is 29.6 Å². The van der Waals surface area contributed by atoms with E-state index in [1.807, 2.05) is 0 Å². The molecular formula is C4H3NaO2S2. The van der Waals surface area contributed by atoms with E-state index in [2.05, 4.69) is 0 Å². The van der Waals surface area contributed by atoms with Gasteiger partial charge in [0, 0.05) is 0 Å². The zero-order valence-electron chi connectivity index (χ0n) is 4.87. The smallest absolute Gasteiger partial charge is 0.549 e. The van der Waals surface area contributed by atoms with Gasteiger partial charge in [0.2, 0.25) is 0 Å². The Kier molecular flexibility index (Phi) is 5.16. The van der Waals surface area contributed by atoms with Gasteiger partial charge in [-0.1, -0.05) is 27.7 Å². The van der Waals surface area contributed by atoms with Gasteiger partial charge in [-0.3, -0.25) is 0 Å². The minimum Gasteiger partial charge on any atom is -0.549 e. The number of hydrogen-bond acceptors (Lipinski definition) is 4. The van der Waals surface area contributed by atoms with Crippen molar-refractivity contribution in [2.75, 3.05) is 0 Å². The van der Waals surface area contributed by atoms with Crippen molar-refractivity contribution < 1.29 is 39.5 Å². The van der Waals surface area contributed by atoms with Crippen LogP contribution in [0.3, 0.4) is 0 Å². The van der Waals surface area contributed by atoms with E-state index in [0.717, 1.165) is 0 Å². The molecule has 0 saturated carbocycles. The van der Waals surface area contributed by atoms with Crippen molar-refractivity contribution >= 4 is 27.6 Å². The molecule has 5 heteroatoms. The second-order valence-corrected chi connectivity index (χ2v) is 3.58. The Hall–Kier alpha value is 0.910. The van der Waals surface area contributed by atoms with Crippen molar-refractivity contribution in [1.29, 1.82) is 0 Å². The van der Waals surface area contributed by atoms with Crippen LogP contribution in [0, 0.1) is 0 Å². The van der Waals surface area contributed by atoms with Gasteiger partial charge in [0.1, 0.15) is 0 Å². The molecule has 0 bridgehead atoms. The van der Waals surface area contributed by atoms with Crippen LogP contribution >= 0.6 is 21.6 Å². The van der Waals surface area contributed by atoms with E-state index in [0.29, 0.717) is 0 Å². The monoisotopic (exact) mass is 170 g/mol. The van der Waals surface area contributed by atoms with Crippen LogP contribution in [0.15, 0.2) is 11.5 Å². The normalized spacial score (nSPS) is 23.3. The standard InChI is InChI=1S/C4H4O2S2.Na/c5-4(6)3-1-2-7-8-3;/h1-3H,(H,5,6);/q;+1/p-1. The minimum absolute atomic E-state index is 0. The molecule has 0 saturated heterocycles. The molecule has 1 rings (SSSR count). The predicted octanol–water partition coefficient (Wildman–Crippen LogP) is -2.98. The molecule has 0 spiro atoms. The third-order valence-electron chi connectivity index (χ3n) is 0.700. The van der Waals surface area contributed by atoms with E-state index in [1.54, 1.807) is 11.5 Å². The number of carboxylic acids is 1. The quantitative estimate of drug-likeness (QED) is 0.311. The first-order valence-corrected chi connectivity index (χ1v) is 4.28. The SMILES string of the molecule is O=C([O-])C1C=CSS1.[Na+]. The molecule has 1 aliphatic rings. The molecule has 1 unspecified atom stereocenters. The van der Waals surface area contributed by atoms with Gasteiger partial charge in [-0.2, -0.15) is 0 Å². The number of aliphatic carboxylic acids is 1. The first-order chi connectivity index (χ1) is 3.80. The Morgan fingerprint density at radius 3 is 2.56 bits per heavy atom. The number of carbonyl (C=O) groups excluding carboxylic acids is 1. The van der Waals surface area contributed by atoms with Gasteiger partial charge < -0.3 is 9.90 Å². The summed E-state index contributed by atoms with van der Waals surface area (Å²) in [7, 11) is 2.72. The van der Waals surface area contributed by atoms with Gasteiger partial charge in [-0.25, -0.2) is 0 Å². The van der Waals surface area contributed by atoms with Gasteiger partial charge in [0.05, 0.1) is 11.2 Å². The number of rotatable bonds is 1. The molecule has 0 aliphatic carbocycles. The molecule has 0 aromatic rings. The predicted molar refractivity (Wildman–Crippen MR) is 33.1 cm³/mol. The molecule has 1 aliphatic heterocycles. The number of carboxylic acid groups (broad SMARTS) is 1. The first kappa shape index (κ1) is 9.91. The Labute approximate surface area is 83.2 Å². The van der Waals surface area contributed by atoms with E-state index < -0.39 is 11.2 Å². The molecule has 1 atom stereocenters. The van der Waals surface area contributed by atoms with Crippen molar-refractivity contribution in [1.82, 2.24) is 0 Å². The van der Waals surface area contributed by atoms with Crippen molar-refractivity contribution in [3.05, 3.63) is 11.5 Å². The molecule has 0 fully saturated rings. The van der Waals surface area contributed by atoms with Crippen LogP contribution in [0.25, 0.3) is 0 Å². The van der Waals surface area contributed by atoms with Crippen LogP contribution in [0.1, 0.15) is 0 Å². The van der Waals surface area contributed by atoms with Gasteiger partial charge in [-0.05, 0) is 5.41 Å². The van der Waals surface area contributed by atoms with Gasteiger partial charge in [0.25, 0.3) is 0 Å². The van der Waals surface area contributed by atoms with Crippen LogP contribution in [0.2, 0.25) is 0 Å². The van der Waals surface area contributed by atoms with E-state index in [-0.39, 0.29) is 29.6 Å². The first-order valence-electron chi connectivity index (χ1n) is 2.00. The topological polar surface area (TPSA) is 40.1 Å². The zero-order valence-corrected chi connectivity index (χ0v) is 8.50. The maximum absolute atomic E-state index is 10.0. The fourth-order valence-electron chi connectivity index (χ4n) is 0.345. The van der Waals surface area contributed by atoms with Crippen LogP contribution in [0.4, 0.5) is 0 Å². The van der Waals surface area contributed by atoms with Gasteiger partial charge in [-0.15, -0.1) is 0 Å². The molecule has 2 nitrogen and oxygen atoms in total. The van der Waals surface area contributed by atoms with Crippen molar-refractivity contribution in [3.8, 4) is 0 Å². The molecular weight excluding hydrogens is 167 g/mol. The summed E-state index contributed by atoms with van der Waals surface area (Å²) < 4.78 is 0. The summed E-state index contributed by atoms with van der Waals surface area (Å²) in [6.07, 6.45) is 1.62. The van der Waals surface area contributed by atoms with E-state index in [1.165, 1.54) is 21.6 Å². The van der Waals surface area contributed by atoms with Crippen LogP contribution in [-0.2, 0) is 4.79 Å².